The van der Waals surface area contributed by atoms with Crippen molar-refractivity contribution in [2.75, 3.05) is 0 Å². The first-order valence-corrected chi connectivity index (χ1v) is 12.3. The molecule has 0 saturated heterocycles. The lowest BCUT2D eigenvalue weighted by atomic mass is 9.76. The van der Waals surface area contributed by atoms with Crippen LogP contribution in [0.2, 0.25) is 0 Å². The Bertz CT molecular complexity index is 750. The molecule has 1 aromatic carbocycles. The van der Waals surface area contributed by atoms with Crippen LogP contribution in [0.25, 0.3) is 0 Å². The minimum atomic E-state index is -0.755. The van der Waals surface area contributed by atoms with Crippen molar-refractivity contribution in [2.24, 2.45) is 17.8 Å². The summed E-state index contributed by atoms with van der Waals surface area (Å²) in [5.74, 6) is 0.599. The Morgan fingerprint density at radius 1 is 0.839 bits per heavy atom. The van der Waals surface area contributed by atoms with Crippen LogP contribution >= 0.6 is 0 Å². The van der Waals surface area contributed by atoms with E-state index >= 15 is 0 Å². The molecule has 170 valence electrons. The molecule has 0 amide bonds. The second-order valence-electron chi connectivity index (χ2n) is 9.80. The van der Waals surface area contributed by atoms with E-state index in [0.717, 1.165) is 36.7 Å². The Morgan fingerprint density at radius 2 is 1.39 bits per heavy atom. The van der Waals surface area contributed by atoms with Crippen LogP contribution in [0.3, 0.4) is 0 Å². The lowest BCUT2D eigenvalue weighted by molar-refractivity contribution is 0.244. The number of unbranched alkanes of at least 4 members (excludes halogenated alkanes) is 1. The predicted molar refractivity (Wildman–Crippen MR) is 119 cm³/mol. The SMILES string of the molecule is N#C/C(F)=C/CCC1CCC(CCCCC2CCC(c3ccc(F)c(F)c3)CC2)CC1. The smallest absolute Gasteiger partial charge is 0.196 e. The number of nitriles is 1. The van der Waals surface area contributed by atoms with E-state index in [2.05, 4.69) is 0 Å². The Balaban J connectivity index is 1.24. The quantitative estimate of drug-likeness (QED) is 0.283. The van der Waals surface area contributed by atoms with E-state index in [-0.39, 0.29) is 0 Å². The van der Waals surface area contributed by atoms with E-state index in [4.69, 9.17) is 5.26 Å². The number of hydrogen-bond donors (Lipinski definition) is 0. The number of halogens is 3. The van der Waals surface area contributed by atoms with Crippen molar-refractivity contribution in [2.45, 2.75) is 95.8 Å². The van der Waals surface area contributed by atoms with Crippen molar-refractivity contribution in [1.29, 1.82) is 5.26 Å². The molecule has 3 rings (SSSR count). The third kappa shape index (κ3) is 7.70. The van der Waals surface area contributed by atoms with Gasteiger partial charge in [0.25, 0.3) is 0 Å². The minimum Gasteiger partial charge on any atom is -0.204 e. The van der Waals surface area contributed by atoms with Gasteiger partial charge in [-0.15, -0.1) is 0 Å². The third-order valence-electron chi connectivity index (χ3n) is 7.71. The first kappa shape index (κ1) is 23.9. The van der Waals surface area contributed by atoms with E-state index in [9.17, 15) is 13.2 Å². The Labute approximate surface area is 185 Å². The van der Waals surface area contributed by atoms with E-state index in [1.165, 1.54) is 82.4 Å². The van der Waals surface area contributed by atoms with Crippen LogP contribution in [0.15, 0.2) is 30.1 Å². The first-order valence-electron chi connectivity index (χ1n) is 12.3. The van der Waals surface area contributed by atoms with Gasteiger partial charge in [0.15, 0.2) is 17.5 Å². The molecule has 2 fully saturated rings. The largest absolute Gasteiger partial charge is 0.204 e. The monoisotopic (exact) mass is 431 g/mol. The van der Waals surface area contributed by atoms with Gasteiger partial charge in [-0.05, 0) is 86.0 Å². The number of rotatable bonds is 9. The van der Waals surface area contributed by atoms with Crippen LogP contribution in [0.1, 0.15) is 101 Å². The summed E-state index contributed by atoms with van der Waals surface area (Å²) in [6.07, 6.45) is 18.1. The molecule has 0 heterocycles. The molecule has 1 nitrogen and oxygen atoms in total. The van der Waals surface area contributed by atoms with Crippen LogP contribution in [0, 0.1) is 40.7 Å². The summed E-state index contributed by atoms with van der Waals surface area (Å²) < 4.78 is 39.5. The highest BCUT2D eigenvalue weighted by Gasteiger charge is 2.24. The minimum absolute atomic E-state index is 0.383. The molecule has 0 N–H and O–H groups in total. The van der Waals surface area contributed by atoms with E-state index in [0.29, 0.717) is 18.3 Å². The molecule has 0 atom stereocenters. The van der Waals surface area contributed by atoms with Crippen LogP contribution in [0.4, 0.5) is 13.2 Å². The molecule has 4 heteroatoms. The van der Waals surface area contributed by atoms with Gasteiger partial charge < -0.3 is 0 Å². The Kier molecular flexibility index (Phi) is 9.50. The van der Waals surface area contributed by atoms with Crippen molar-refractivity contribution >= 4 is 0 Å². The lowest BCUT2D eigenvalue weighted by Gasteiger charge is -2.30. The zero-order valence-electron chi connectivity index (χ0n) is 18.6. The molecule has 2 aliphatic rings. The predicted octanol–water partition coefficient (Wildman–Crippen LogP) is 8.76. The maximum atomic E-state index is 13.5. The van der Waals surface area contributed by atoms with E-state index < -0.39 is 17.5 Å². The van der Waals surface area contributed by atoms with Gasteiger partial charge in [-0.1, -0.05) is 57.4 Å². The molecule has 1 aromatic rings. The van der Waals surface area contributed by atoms with Crippen molar-refractivity contribution in [1.82, 2.24) is 0 Å². The van der Waals surface area contributed by atoms with Crippen molar-refractivity contribution in [3.63, 3.8) is 0 Å². The van der Waals surface area contributed by atoms with Crippen LogP contribution in [-0.2, 0) is 0 Å². The summed E-state index contributed by atoms with van der Waals surface area (Å²) in [4.78, 5) is 0. The summed E-state index contributed by atoms with van der Waals surface area (Å²) in [7, 11) is 0. The summed E-state index contributed by atoms with van der Waals surface area (Å²) in [5, 5.41) is 8.45. The zero-order valence-corrected chi connectivity index (χ0v) is 18.6. The normalized spacial score (nSPS) is 27.1. The molecule has 2 aliphatic carbocycles. The topological polar surface area (TPSA) is 23.8 Å². The second-order valence-corrected chi connectivity index (χ2v) is 9.80. The molecule has 0 aliphatic heterocycles. The third-order valence-corrected chi connectivity index (χ3v) is 7.71. The standard InChI is InChI=1S/C27H36F3N/c28-25(19-31)7-3-6-22-10-8-20(9-11-22)4-1-2-5-21-12-14-23(15-13-21)24-16-17-26(29)27(30)18-24/h7,16-18,20-23H,1-6,8-15H2/b25-7-. The number of hydrogen-bond acceptors (Lipinski definition) is 1. The number of allylic oxidation sites excluding steroid dienone is 2. The molecule has 0 bridgehead atoms. The number of nitrogens with zero attached hydrogens (tertiary/aromatic N) is 1. The van der Waals surface area contributed by atoms with Crippen LogP contribution in [0.5, 0.6) is 0 Å². The summed E-state index contributed by atoms with van der Waals surface area (Å²) in [6.45, 7) is 0. The molecule has 0 spiro atoms. The van der Waals surface area contributed by atoms with Gasteiger partial charge in [-0.2, -0.15) is 9.65 Å². The van der Waals surface area contributed by atoms with Crippen molar-refractivity contribution in [3.05, 3.63) is 47.3 Å². The van der Waals surface area contributed by atoms with Gasteiger partial charge in [0.1, 0.15) is 6.07 Å². The van der Waals surface area contributed by atoms with Gasteiger partial charge in [0.2, 0.25) is 0 Å². The lowest BCUT2D eigenvalue weighted by Crippen LogP contribution is -2.15. The average Bonchev–Trinajstić information content (AvgIpc) is 2.80. The van der Waals surface area contributed by atoms with Gasteiger partial charge in [-0.25, -0.2) is 8.78 Å². The maximum absolute atomic E-state index is 13.5. The average molecular weight is 432 g/mol. The molecule has 0 aromatic heterocycles. The first-order chi connectivity index (χ1) is 15.0. The van der Waals surface area contributed by atoms with Gasteiger partial charge >= 0.3 is 0 Å². The van der Waals surface area contributed by atoms with Gasteiger partial charge in [0.05, 0.1) is 0 Å². The van der Waals surface area contributed by atoms with Gasteiger partial charge in [0, 0.05) is 0 Å². The highest BCUT2D eigenvalue weighted by atomic mass is 19.2. The highest BCUT2D eigenvalue weighted by Crippen LogP contribution is 2.39. The fraction of sp³-hybridized carbons (Fsp3) is 0.667. The Morgan fingerprint density at radius 3 is 1.94 bits per heavy atom. The van der Waals surface area contributed by atoms with Crippen LogP contribution in [-0.4, -0.2) is 0 Å². The van der Waals surface area contributed by atoms with Crippen molar-refractivity contribution < 1.29 is 13.2 Å². The van der Waals surface area contributed by atoms with E-state index in [1.54, 1.807) is 12.1 Å². The van der Waals surface area contributed by atoms with Crippen LogP contribution < -0.4 is 0 Å². The fourth-order valence-electron chi connectivity index (χ4n) is 5.72. The summed E-state index contributed by atoms with van der Waals surface area (Å²) >= 11 is 0. The molecule has 2 saturated carbocycles. The number of benzene rings is 1. The molecule has 0 unspecified atom stereocenters. The molecule has 0 radical (unpaired) electrons. The molecular formula is C27H36F3N. The summed E-state index contributed by atoms with van der Waals surface area (Å²) in [5.41, 5.74) is 0.958. The summed E-state index contributed by atoms with van der Waals surface area (Å²) in [6, 6.07) is 5.94. The maximum Gasteiger partial charge on any atom is 0.196 e. The highest BCUT2D eigenvalue weighted by molar-refractivity contribution is 5.22. The Hall–Kier alpha value is -1.76. The zero-order chi connectivity index (χ0) is 22.1. The van der Waals surface area contributed by atoms with Gasteiger partial charge in [-0.3, -0.25) is 0 Å². The molecule has 31 heavy (non-hydrogen) atoms. The fourth-order valence-corrected chi connectivity index (χ4v) is 5.72. The van der Waals surface area contributed by atoms with E-state index in [1.807, 2.05) is 0 Å². The van der Waals surface area contributed by atoms with Crippen molar-refractivity contribution in [3.8, 4) is 6.07 Å². The second kappa shape index (κ2) is 12.3. The molecular weight excluding hydrogens is 395 g/mol.